The number of hydrogen-bond acceptors (Lipinski definition) is 4. The van der Waals surface area contributed by atoms with E-state index in [1.165, 1.54) is 18.7 Å². The lowest BCUT2D eigenvalue weighted by molar-refractivity contribution is 0.0370. The van der Waals surface area contributed by atoms with Crippen molar-refractivity contribution in [1.29, 1.82) is 0 Å². The Hall–Kier alpha value is -1.33. The van der Waals surface area contributed by atoms with Gasteiger partial charge in [-0.1, -0.05) is 18.0 Å². The number of nitrogens with two attached hydrogens (primary N) is 1. The number of rotatable bonds is 2. The minimum atomic E-state index is -0.234. The van der Waals surface area contributed by atoms with Gasteiger partial charge in [0.15, 0.2) is 0 Å². The van der Waals surface area contributed by atoms with Gasteiger partial charge in [-0.25, -0.2) is 9.99 Å². The molecule has 1 aromatic heterocycles. The van der Waals surface area contributed by atoms with E-state index in [2.05, 4.69) is 24.3 Å². The van der Waals surface area contributed by atoms with Crippen LogP contribution in [-0.2, 0) is 0 Å². The minimum Gasteiger partial charge on any atom is -0.397 e. The van der Waals surface area contributed by atoms with E-state index < -0.39 is 0 Å². The van der Waals surface area contributed by atoms with E-state index in [0.29, 0.717) is 23.3 Å². The first-order chi connectivity index (χ1) is 8.99. The maximum atomic E-state index is 12.3. The zero-order valence-electron chi connectivity index (χ0n) is 11.2. The highest BCUT2D eigenvalue weighted by atomic mass is 35.5. The molecule has 2 unspecified atom stereocenters. The fraction of sp³-hybridized carbons (Fsp3) is 0.538. The van der Waals surface area contributed by atoms with Crippen molar-refractivity contribution >= 4 is 23.2 Å². The van der Waals surface area contributed by atoms with Crippen LogP contribution in [0.15, 0.2) is 12.3 Å². The molecule has 2 heterocycles. The Morgan fingerprint density at radius 3 is 2.74 bits per heavy atom. The summed E-state index contributed by atoms with van der Waals surface area (Å²) in [5.41, 5.74) is 9.39. The highest BCUT2D eigenvalue weighted by molar-refractivity contribution is 6.29. The summed E-state index contributed by atoms with van der Waals surface area (Å²) in [5.74, 6) is -0.234. The lowest BCUT2D eigenvalue weighted by atomic mass is 10.00. The zero-order valence-corrected chi connectivity index (χ0v) is 11.9. The first kappa shape index (κ1) is 14.1. The second kappa shape index (κ2) is 5.75. The lowest BCUT2D eigenvalue weighted by Gasteiger charge is -2.38. The highest BCUT2D eigenvalue weighted by Crippen LogP contribution is 2.21. The molecule has 5 nitrogen and oxygen atoms in total. The number of amides is 1. The molecule has 2 atom stereocenters. The van der Waals surface area contributed by atoms with E-state index in [1.807, 2.05) is 5.01 Å². The molecule has 6 heteroatoms. The summed E-state index contributed by atoms with van der Waals surface area (Å²) in [7, 11) is 0. The Kier molecular flexibility index (Phi) is 4.27. The van der Waals surface area contributed by atoms with Gasteiger partial charge >= 0.3 is 0 Å². The second-order valence-corrected chi connectivity index (χ2v) is 5.46. The van der Waals surface area contributed by atoms with E-state index in [-0.39, 0.29) is 11.1 Å². The van der Waals surface area contributed by atoms with Crippen molar-refractivity contribution < 1.29 is 4.79 Å². The van der Waals surface area contributed by atoms with Crippen LogP contribution in [0, 0.1) is 0 Å². The molecule has 2 rings (SSSR count). The van der Waals surface area contributed by atoms with Crippen molar-refractivity contribution in [2.75, 3.05) is 5.73 Å². The number of nitrogens with zero attached hydrogens (tertiary/aromatic N) is 2. The summed E-state index contributed by atoms with van der Waals surface area (Å²) in [6, 6.07) is 2.14. The van der Waals surface area contributed by atoms with Crippen LogP contribution in [0.5, 0.6) is 0 Å². The van der Waals surface area contributed by atoms with Crippen molar-refractivity contribution in [3.63, 3.8) is 0 Å². The van der Waals surface area contributed by atoms with Crippen molar-refractivity contribution in [2.24, 2.45) is 0 Å². The summed E-state index contributed by atoms with van der Waals surface area (Å²) in [5, 5.41) is 2.26. The van der Waals surface area contributed by atoms with Gasteiger partial charge in [-0.3, -0.25) is 10.2 Å². The summed E-state index contributed by atoms with van der Waals surface area (Å²) >= 11 is 5.80. The molecular weight excluding hydrogens is 264 g/mol. The van der Waals surface area contributed by atoms with Crippen LogP contribution in [-0.4, -0.2) is 28.0 Å². The number of nitrogen functional groups attached to an aromatic ring is 1. The largest absolute Gasteiger partial charge is 0.397 e. The number of carbonyl (C=O) groups is 1. The molecule has 1 amide bonds. The lowest BCUT2D eigenvalue weighted by Crippen LogP contribution is -2.54. The molecule has 1 saturated heterocycles. The fourth-order valence-electron chi connectivity index (χ4n) is 2.46. The predicted molar refractivity (Wildman–Crippen MR) is 75.7 cm³/mol. The molecule has 1 aliphatic heterocycles. The van der Waals surface area contributed by atoms with Gasteiger partial charge in [0.25, 0.3) is 5.91 Å². The van der Waals surface area contributed by atoms with Gasteiger partial charge in [0, 0.05) is 12.1 Å². The van der Waals surface area contributed by atoms with Gasteiger partial charge in [0.2, 0.25) is 0 Å². The normalized spacial score (nSPS) is 24.2. The first-order valence-corrected chi connectivity index (χ1v) is 6.87. The first-order valence-electron chi connectivity index (χ1n) is 6.49. The van der Waals surface area contributed by atoms with Crippen molar-refractivity contribution in [3.8, 4) is 0 Å². The van der Waals surface area contributed by atoms with Crippen LogP contribution >= 0.6 is 11.6 Å². The van der Waals surface area contributed by atoms with Crippen molar-refractivity contribution in [2.45, 2.75) is 45.2 Å². The zero-order chi connectivity index (χ0) is 14.0. The number of pyridine rings is 1. The van der Waals surface area contributed by atoms with E-state index in [0.717, 1.165) is 12.8 Å². The quantitative estimate of drug-likeness (QED) is 0.816. The van der Waals surface area contributed by atoms with Gasteiger partial charge in [-0.2, -0.15) is 0 Å². The summed E-state index contributed by atoms with van der Waals surface area (Å²) in [6.45, 7) is 4.22. The topological polar surface area (TPSA) is 71.2 Å². The molecule has 0 bridgehead atoms. The van der Waals surface area contributed by atoms with Crippen LogP contribution in [0.1, 0.15) is 43.5 Å². The number of piperidine rings is 1. The standard InChI is InChI=1S/C13H19ClN4O/c1-8-4-3-5-9(2)18(8)17-13(19)10-6-12(14)16-7-11(10)15/h6-9H,3-5,15H2,1-2H3,(H,17,19). The maximum absolute atomic E-state index is 12.3. The average Bonchev–Trinajstić information content (AvgIpc) is 2.37. The van der Waals surface area contributed by atoms with E-state index in [1.54, 1.807) is 0 Å². The Labute approximate surface area is 118 Å². The minimum absolute atomic E-state index is 0.234. The smallest absolute Gasteiger partial charge is 0.267 e. The molecule has 0 aromatic carbocycles. The van der Waals surface area contributed by atoms with Gasteiger partial charge in [-0.15, -0.1) is 0 Å². The van der Waals surface area contributed by atoms with Gasteiger partial charge < -0.3 is 5.73 Å². The summed E-state index contributed by atoms with van der Waals surface area (Å²) < 4.78 is 0. The number of hydrazine groups is 1. The van der Waals surface area contributed by atoms with Crippen LogP contribution in [0.4, 0.5) is 5.69 Å². The Balaban J connectivity index is 2.14. The highest BCUT2D eigenvalue weighted by Gasteiger charge is 2.26. The van der Waals surface area contributed by atoms with E-state index >= 15 is 0 Å². The number of carbonyl (C=O) groups excluding carboxylic acids is 1. The van der Waals surface area contributed by atoms with Gasteiger partial charge in [0.05, 0.1) is 17.4 Å². The van der Waals surface area contributed by atoms with Crippen LogP contribution in [0.25, 0.3) is 0 Å². The molecule has 104 valence electrons. The molecule has 0 aliphatic carbocycles. The number of halogens is 1. The van der Waals surface area contributed by atoms with Crippen molar-refractivity contribution in [1.82, 2.24) is 15.4 Å². The molecule has 1 aliphatic rings. The monoisotopic (exact) mass is 282 g/mol. The van der Waals surface area contributed by atoms with Crippen molar-refractivity contribution in [3.05, 3.63) is 23.0 Å². The Bertz CT molecular complexity index is 470. The molecule has 3 N–H and O–H groups in total. The fourth-order valence-corrected chi connectivity index (χ4v) is 2.61. The third-order valence-corrected chi connectivity index (χ3v) is 3.78. The molecule has 0 spiro atoms. The van der Waals surface area contributed by atoms with Crippen LogP contribution < -0.4 is 11.2 Å². The predicted octanol–water partition coefficient (Wildman–Crippen LogP) is 2.22. The molecule has 0 radical (unpaired) electrons. The number of anilines is 1. The van der Waals surface area contributed by atoms with Crippen LogP contribution in [0.3, 0.4) is 0 Å². The maximum Gasteiger partial charge on any atom is 0.267 e. The van der Waals surface area contributed by atoms with E-state index in [4.69, 9.17) is 17.3 Å². The summed E-state index contributed by atoms with van der Waals surface area (Å²) in [4.78, 5) is 16.1. The average molecular weight is 283 g/mol. The second-order valence-electron chi connectivity index (χ2n) is 5.07. The van der Waals surface area contributed by atoms with Gasteiger partial charge in [0.1, 0.15) is 5.15 Å². The Morgan fingerprint density at radius 2 is 2.11 bits per heavy atom. The number of aromatic nitrogens is 1. The van der Waals surface area contributed by atoms with Gasteiger partial charge in [-0.05, 0) is 32.8 Å². The third-order valence-electron chi connectivity index (χ3n) is 3.57. The molecule has 1 aromatic rings. The molecule has 19 heavy (non-hydrogen) atoms. The molecule has 0 saturated carbocycles. The SMILES string of the molecule is CC1CCCC(C)N1NC(=O)c1cc(Cl)ncc1N. The van der Waals surface area contributed by atoms with Crippen LogP contribution in [0.2, 0.25) is 5.15 Å². The Morgan fingerprint density at radius 1 is 1.47 bits per heavy atom. The van der Waals surface area contributed by atoms with E-state index in [9.17, 15) is 4.79 Å². The number of hydrogen-bond donors (Lipinski definition) is 2. The molecule has 1 fully saturated rings. The molecular formula is C13H19ClN4O. The number of nitrogens with one attached hydrogen (secondary N) is 1. The third kappa shape index (κ3) is 3.16. The summed E-state index contributed by atoms with van der Waals surface area (Å²) in [6.07, 6.45) is 4.76.